The van der Waals surface area contributed by atoms with E-state index in [0.717, 1.165) is 25.7 Å². The van der Waals surface area contributed by atoms with E-state index in [4.69, 9.17) is 45.4 Å². The molecular weight excluding hydrogens is 516 g/mol. The number of aliphatic carboxylic acids is 1. The van der Waals surface area contributed by atoms with Crippen LogP contribution in [0.5, 0.6) is 17.4 Å². The number of hydrogen-bond acceptors (Lipinski definition) is 9. The molecule has 36 heavy (non-hydrogen) atoms. The zero-order valence-corrected chi connectivity index (χ0v) is 20.8. The molecule has 1 saturated heterocycles. The number of hydrogen-bond donors (Lipinski definition) is 2. The van der Waals surface area contributed by atoms with Crippen LogP contribution < -0.4 is 14.2 Å². The first-order valence-electron chi connectivity index (χ1n) is 11.6. The minimum atomic E-state index is -1.47. The molecule has 11 nitrogen and oxygen atoms in total. The number of carbonyl (C=O) groups is 2. The molecule has 194 valence electrons. The second kappa shape index (κ2) is 10.8. The molecule has 1 saturated carbocycles. The Morgan fingerprint density at radius 2 is 1.81 bits per heavy atom. The van der Waals surface area contributed by atoms with Gasteiger partial charge in [-0.2, -0.15) is 0 Å². The third-order valence-corrected chi connectivity index (χ3v) is 7.99. The van der Waals surface area contributed by atoms with Gasteiger partial charge in [-0.15, -0.1) is 0 Å². The van der Waals surface area contributed by atoms with Crippen molar-refractivity contribution in [2.24, 2.45) is 5.92 Å². The van der Waals surface area contributed by atoms with Gasteiger partial charge in [0.2, 0.25) is 19.0 Å². The Balaban J connectivity index is 1.45. The van der Waals surface area contributed by atoms with Gasteiger partial charge in [-0.05, 0) is 43.2 Å². The van der Waals surface area contributed by atoms with Gasteiger partial charge < -0.3 is 33.9 Å². The minimum Gasteiger partial charge on any atom is -0.481 e. The monoisotopic (exact) mass is 540 g/mol. The highest BCUT2D eigenvalue weighted by molar-refractivity contribution is 8.00. The fraction of sp³-hybridized carbons (Fsp3) is 0.522. The molecule has 0 unspecified atom stereocenters. The maximum Gasteiger partial charge on any atom is 0.512 e. The number of ether oxygens (including phenoxy) is 5. The Labute approximate surface area is 215 Å². The lowest BCUT2D eigenvalue weighted by Crippen LogP contribution is -2.19. The topological polar surface area (TPSA) is 139 Å². The molecule has 3 heterocycles. The minimum absolute atomic E-state index is 0.0583. The van der Waals surface area contributed by atoms with Crippen LogP contribution in [-0.2, 0) is 20.8 Å². The Bertz CT molecular complexity index is 1140. The number of halogens is 1. The number of rotatable bonds is 8. The summed E-state index contributed by atoms with van der Waals surface area (Å²) in [6.45, 7) is 0.995. The number of imidazole rings is 1. The molecule has 0 radical (unpaired) electrons. The summed E-state index contributed by atoms with van der Waals surface area (Å²) in [5.41, 5.74) is 0.651. The molecular formula is C23H25ClN2O9S. The molecule has 0 amide bonds. The van der Waals surface area contributed by atoms with E-state index in [-0.39, 0.29) is 36.8 Å². The van der Waals surface area contributed by atoms with Gasteiger partial charge >= 0.3 is 12.1 Å². The van der Waals surface area contributed by atoms with Crippen molar-refractivity contribution in [2.75, 3.05) is 20.0 Å². The first kappa shape index (κ1) is 25.0. The van der Waals surface area contributed by atoms with Gasteiger partial charge in [-0.1, -0.05) is 23.4 Å². The van der Waals surface area contributed by atoms with Crippen molar-refractivity contribution in [3.8, 4) is 17.4 Å². The Kier molecular flexibility index (Phi) is 7.47. The van der Waals surface area contributed by atoms with Gasteiger partial charge in [0.15, 0.2) is 22.3 Å². The van der Waals surface area contributed by atoms with Crippen molar-refractivity contribution < 1.29 is 43.5 Å². The molecule has 0 bridgehead atoms. The first-order valence-corrected chi connectivity index (χ1v) is 12.8. The van der Waals surface area contributed by atoms with Crippen molar-refractivity contribution in [1.29, 1.82) is 0 Å². The summed E-state index contributed by atoms with van der Waals surface area (Å²) in [6.07, 6.45) is 1.07. The van der Waals surface area contributed by atoms with E-state index in [2.05, 4.69) is 0 Å². The second-order valence-electron chi connectivity index (χ2n) is 8.76. The molecule has 0 spiro atoms. The number of aromatic nitrogens is 2. The Morgan fingerprint density at radius 3 is 2.47 bits per heavy atom. The number of carboxylic acids is 1. The quantitative estimate of drug-likeness (QED) is 0.456. The van der Waals surface area contributed by atoms with Crippen LogP contribution in [-0.4, -0.2) is 57.1 Å². The molecule has 5 rings (SSSR count). The molecule has 2 fully saturated rings. The average Bonchev–Trinajstić information content (AvgIpc) is 3.57. The van der Waals surface area contributed by atoms with Crippen molar-refractivity contribution >= 4 is 35.5 Å². The summed E-state index contributed by atoms with van der Waals surface area (Å²) in [7, 11) is 0. The number of thioether (sulfide) groups is 1. The van der Waals surface area contributed by atoms with Gasteiger partial charge in [0.25, 0.3) is 0 Å². The summed E-state index contributed by atoms with van der Waals surface area (Å²) in [4.78, 5) is 27.4. The van der Waals surface area contributed by atoms with E-state index < -0.39 is 18.4 Å². The molecule has 1 aliphatic carbocycles. The summed E-state index contributed by atoms with van der Waals surface area (Å²) >= 11 is 7.93. The van der Waals surface area contributed by atoms with Crippen LogP contribution in [0.2, 0.25) is 5.02 Å². The molecule has 13 heteroatoms. The van der Waals surface area contributed by atoms with Crippen LogP contribution in [0, 0.1) is 5.92 Å². The highest BCUT2D eigenvalue weighted by atomic mass is 35.5. The van der Waals surface area contributed by atoms with Crippen LogP contribution in [0.25, 0.3) is 0 Å². The number of benzene rings is 1. The van der Waals surface area contributed by atoms with Crippen LogP contribution in [0.4, 0.5) is 4.79 Å². The molecule has 2 aromatic rings. The fourth-order valence-electron chi connectivity index (χ4n) is 4.64. The molecule has 0 atom stereocenters. The zero-order valence-electron chi connectivity index (χ0n) is 19.2. The van der Waals surface area contributed by atoms with Crippen LogP contribution in [0.15, 0.2) is 17.2 Å². The van der Waals surface area contributed by atoms with Crippen LogP contribution in [0.1, 0.15) is 49.8 Å². The Morgan fingerprint density at radius 1 is 1.11 bits per heavy atom. The number of carboxylic acid groups (broad SMARTS) is 2. The molecule has 2 aliphatic heterocycles. The third kappa shape index (κ3) is 5.51. The summed E-state index contributed by atoms with van der Waals surface area (Å²) in [5, 5.41) is 19.6. The predicted octanol–water partition coefficient (Wildman–Crippen LogP) is 4.54. The van der Waals surface area contributed by atoms with Gasteiger partial charge in [-0.3, -0.25) is 9.36 Å². The van der Waals surface area contributed by atoms with Gasteiger partial charge in [0.1, 0.15) is 0 Å². The van der Waals surface area contributed by atoms with E-state index in [1.807, 2.05) is 0 Å². The normalized spacial score (nSPS) is 21.6. The van der Waals surface area contributed by atoms with Gasteiger partial charge in [-0.25, -0.2) is 9.78 Å². The molecule has 3 aliphatic rings. The molecule has 1 aromatic heterocycles. The van der Waals surface area contributed by atoms with Crippen molar-refractivity contribution in [3.05, 3.63) is 28.5 Å². The fourth-order valence-corrected chi connectivity index (χ4v) is 6.08. The first-order chi connectivity index (χ1) is 17.4. The van der Waals surface area contributed by atoms with E-state index in [0.29, 0.717) is 46.1 Å². The maximum absolute atomic E-state index is 11.7. The van der Waals surface area contributed by atoms with E-state index in [1.165, 1.54) is 11.8 Å². The van der Waals surface area contributed by atoms with E-state index >= 15 is 0 Å². The lowest BCUT2D eigenvalue weighted by atomic mass is 9.87. The highest BCUT2D eigenvalue weighted by Crippen LogP contribution is 2.43. The van der Waals surface area contributed by atoms with E-state index in [1.54, 1.807) is 16.7 Å². The standard InChI is InChI=1S/C23H25ClN2O9S/c24-15-9-17-16(33-11-34-17)8-13(15)10-26-19(22-31-5-6-32-22)25-20(21(26)35-23(29)30)36-14-3-1-12(2-4-14)7-18(27)28/h8-9,12,14,22H,1-7,10-11H2,(H,27,28)(H,29,30). The van der Waals surface area contributed by atoms with Gasteiger partial charge in [0.05, 0.1) is 19.8 Å². The molecule has 1 aromatic carbocycles. The maximum atomic E-state index is 11.7. The van der Waals surface area contributed by atoms with Crippen molar-refractivity contribution in [3.63, 3.8) is 0 Å². The lowest BCUT2D eigenvalue weighted by molar-refractivity contribution is -0.138. The van der Waals surface area contributed by atoms with Crippen molar-refractivity contribution in [2.45, 2.75) is 55.2 Å². The van der Waals surface area contributed by atoms with Crippen LogP contribution in [0.3, 0.4) is 0 Å². The largest absolute Gasteiger partial charge is 0.512 e. The number of nitrogens with zero attached hydrogens (tertiary/aromatic N) is 2. The summed E-state index contributed by atoms with van der Waals surface area (Å²) in [6, 6.07) is 3.40. The van der Waals surface area contributed by atoms with E-state index in [9.17, 15) is 14.7 Å². The Hall–Kier alpha value is -2.67. The third-order valence-electron chi connectivity index (χ3n) is 6.34. The molecule has 2 N–H and O–H groups in total. The zero-order chi connectivity index (χ0) is 25.2. The van der Waals surface area contributed by atoms with Gasteiger partial charge in [0, 0.05) is 22.8 Å². The summed E-state index contributed by atoms with van der Waals surface area (Å²) in [5.74, 6) is 0.871. The lowest BCUT2D eigenvalue weighted by Gasteiger charge is -2.26. The SMILES string of the molecule is O=C(O)CC1CCC(Sc2nc(C3OCCO3)n(Cc3cc4c(cc3Cl)OCO4)c2OC(=O)O)CC1. The highest BCUT2D eigenvalue weighted by Gasteiger charge is 2.33. The second-order valence-corrected chi connectivity index (χ2v) is 10.5. The van der Waals surface area contributed by atoms with Crippen LogP contribution >= 0.6 is 23.4 Å². The smallest absolute Gasteiger partial charge is 0.481 e. The van der Waals surface area contributed by atoms with Crippen molar-refractivity contribution in [1.82, 2.24) is 9.55 Å². The predicted molar refractivity (Wildman–Crippen MR) is 126 cm³/mol. The number of fused-ring (bicyclic) bond motifs is 1. The summed E-state index contributed by atoms with van der Waals surface area (Å²) < 4.78 is 29.1. The average molecular weight is 541 g/mol.